The summed E-state index contributed by atoms with van der Waals surface area (Å²) in [5.41, 5.74) is 2.39. The highest BCUT2D eigenvalue weighted by atomic mass is 32.2. The van der Waals surface area contributed by atoms with E-state index in [-0.39, 0.29) is 11.5 Å². The maximum atomic E-state index is 12.7. The lowest BCUT2D eigenvalue weighted by Crippen LogP contribution is -2.05. The topological polar surface area (TPSA) is 79.1 Å². The number of benzene rings is 2. The Morgan fingerprint density at radius 1 is 0.938 bits per heavy atom. The molecule has 0 amide bonds. The van der Waals surface area contributed by atoms with Gasteiger partial charge in [-0.25, -0.2) is 0 Å². The zero-order valence-electron chi connectivity index (χ0n) is 17.8. The minimum atomic E-state index is 0.00404. The molecule has 0 atom stereocenters. The number of hydrogen-bond donors (Lipinski definition) is 0. The van der Waals surface area contributed by atoms with Crippen LogP contribution >= 0.6 is 11.8 Å². The van der Waals surface area contributed by atoms with Crippen LogP contribution in [0.1, 0.15) is 17.3 Å². The molecule has 8 heteroatoms. The highest BCUT2D eigenvalue weighted by molar-refractivity contribution is 7.99. The van der Waals surface area contributed by atoms with Crippen molar-refractivity contribution in [2.75, 3.05) is 19.5 Å². The van der Waals surface area contributed by atoms with Gasteiger partial charge in [-0.15, -0.1) is 10.2 Å². The van der Waals surface area contributed by atoms with Crippen LogP contribution in [-0.4, -0.2) is 45.0 Å². The molecule has 0 aliphatic carbocycles. The summed E-state index contributed by atoms with van der Waals surface area (Å²) >= 11 is 1.35. The van der Waals surface area contributed by atoms with Gasteiger partial charge in [-0.2, -0.15) is 0 Å². The van der Waals surface area contributed by atoms with E-state index in [4.69, 9.17) is 9.47 Å². The molecule has 2 aromatic heterocycles. The van der Waals surface area contributed by atoms with Gasteiger partial charge in [0.15, 0.2) is 16.8 Å². The van der Waals surface area contributed by atoms with Gasteiger partial charge < -0.3 is 9.47 Å². The molecule has 0 aliphatic rings. The van der Waals surface area contributed by atoms with Crippen molar-refractivity contribution in [2.24, 2.45) is 0 Å². The van der Waals surface area contributed by atoms with Crippen LogP contribution in [0.15, 0.2) is 78.2 Å². The Morgan fingerprint density at radius 2 is 1.62 bits per heavy atom. The van der Waals surface area contributed by atoms with Gasteiger partial charge in [-0.05, 0) is 67.6 Å². The molecule has 0 radical (unpaired) electrons. The van der Waals surface area contributed by atoms with Crippen LogP contribution in [0.5, 0.6) is 11.5 Å². The number of Topliss-reactive ketones (excluding diaryl/α,β-unsaturated/α-hetero) is 1. The number of nitrogens with zero attached hydrogens (tertiary/aromatic N) is 4. The van der Waals surface area contributed by atoms with E-state index in [0.717, 1.165) is 17.0 Å². The van der Waals surface area contributed by atoms with Gasteiger partial charge >= 0.3 is 0 Å². The molecule has 0 bridgehead atoms. The first-order valence-electron chi connectivity index (χ1n) is 10.1. The van der Waals surface area contributed by atoms with E-state index in [9.17, 15) is 4.79 Å². The maximum Gasteiger partial charge on any atom is 0.196 e. The van der Waals surface area contributed by atoms with Crippen LogP contribution in [-0.2, 0) is 0 Å². The number of rotatable bonds is 9. The number of carbonyl (C=O) groups excluding carboxylic acids is 1. The number of ketones is 1. The molecule has 32 heavy (non-hydrogen) atoms. The first-order valence-corrected chi connectivity index (χ1v) is 11.1. The fourth-order valence-corrected chi connectivity index (χ4v) is 3.98. The molecule has 7 nitrogen and oxygen atoms in total. The van der Waals surface area contributed by atoms with Gasteiger partial charge in [0.25, 0.3) is 0 Å². The minimum Gasteiger partial charge on any atom is -0.497 e. The molecule has 2 heterocycles. The van der Waals surface area contributed by atoms with Crippen molar-refractivity contribution in [3.8, 4) is 28.6 Å². The molecule has 4 rings (SSSR count). The Labute approximate surface area is 190 Å². The summed E-state index contributed by atoms with van der Waals surface area (Å²) in [6, 6.07) is 18.6. The zero-order valence-corrected chi connectivity index (χ0v) is 18.6. The summed E-state index contributed by atoms with van der Waals surface area (Å²) in [6.07, 6.45) is 3.43. The standard InChI is InChI=1S/C24H22N4O3S/c1-3-31-21-10-6-19(7-11-21)28-23(18-12-14-25-15-13-18)26-27-24(28)32-16-22(29)17-4-8-20(30-2)9-5-17/h4-15H,3,16H2,1-2H3. The number of hydrogen-bond acceptors (Lipinski definition) is 7. The smallest absolute Gasteiger partial charge is 0.196 e. The second kappa shape index (κ2) is 10.1. The monoisotopic (exact) mass is 446 g/mol. The Balaban J connectivity index is 1.62. The van der Waals surface area contributed by atoms with Crippen LogP contribution in [0, 0.1) is 0 Å². The minimum absolute atomic E-state index is 0.00404. The summed E-state index contributed by atoms with van der Waals surface area (Å²) in [7, 11) is 1.60. The van der Waals surface area contributed by atoms with Crippen LogP contribution < -0.4 is 9.47 Å². The number of methoxy groups -OCH3 is 1. The van der Waals surface area contributed by atoms with Gasteiger partial charge in [-0.3, -0.25) is 14.3 Å². The lowest BCUT2D eigenvalue weighted by molar-refractivity contribution is 0.102. The number of aromatic nitrogens is 4. The quantitative estimate of drug-likeness (QED) is 0.272. The maximum absolute atomic E-state index is 12.7. The predicted molar refractivity (Wildman–Crippen MR) is 124 cm³/mol. The van der Waals surface area contributed by atoms with E-state index in [1.54, 1.807) is 43.8 Å². The largest absolute Gasteiger partial charge is 0.497 e. The summed E-state index contributed by atoms with van der Waals surface area (Å²) in [5, 5.41) is 9.40. The molecule has 0 spiro atoms. The van der Waals surface area contributed by atoms with Crippen LogP contribution in [0.3, 0.4) is 0 Å². The fourth-order valence-electron chi connectivity index (χ4n) is 3.13. The number of thioether (sulfide) groups is 1. The lowest BCUT2D eigenvalue weighted by Gasteiger charge is -2.11. The van der Waals surface area contributed by atoms with E-state index in [0.29, 0.717) is 28.9 Å². The molecule has 0 unspecified atom stereocenters. The molecule has 0 N–H and O–H groups in total. The van der Waals surface area contributed by atoms with Crippen molar-refractivity contribution in [3.05, 3.63) is 78.6 Å². The number of ether oxygens (including phenoxy) is 2. The SMILES string of the molecule is CCOc1ccc(-n2c(SCC(=O)c3ccc(OC)cc3)nnc2-c2ccncc2)cc1. The average molecular weight is 447 g/mol. The Morgan fingerprint density at radius 3 is 2.28 bits per heavy atom. The molecule has 0 aliphatic heterocycles. The third-order valence-electron chi connectivity index (χ3n) is 4.72. The van der Waals surface area contributed by atoms with Gasteiger partial charge in [0.1, 0.15) is 11.5 Å². The highest BCUT2D eigenvalue weighted by Crippen LogP contribution is 2.29. The van der Waals surface area contributed by atoms with E-state index < -0.39 is 0 Å². The molecule has 162 valence electrons. The molecule has 4 aromatic rings. The Bertz CT molecular complexity index is 1180. The second-order valence-corrected chi connectivity index (χ2v) is 7.69. The molecule has 2 aromatic carbocycles. The van der Waals surface area contributed by atoms with Crippen molar-refractivity contribution < 1.29 is 14.3 Å². The average Bonchev–Trinajstić information content (AvgIpc) is 3.28. The van der Waals surface area contributed by atoms with Gasteiger partial charge in [-0.1, -0.05) is 11.8 Å². The lowest BCUT2D eigenvalue weighted by atomic mass is 10.1. The summed E-state index contributed by atoms with van der Waals surface area (Å²) < 4.78 is 12.7. The summed E-state index contributed by atoms with van der Waals surface area (Å²) in [5.74, 6) is 2.42. The normalized spacial score (nSPS) is 10.7. The van der Waals surface area contributed by atoms with E-state index in [2.05, 4.69) is 15.2 Å². The predicted octanol–water partition coefficient (Wildman–Crippen LogP) is 4.71. The van der Waals surface area contributed by atoms with Crippen molar-refractivity contribution in [2.45, 2.75) is 12.1 Å². The highest BCUT2D eigenvalue weighted by Gasteiger charge is 2.18. The van der Waals surface area contributed by atoms with Gasteiger partial charge in [0, 0.05) is 29.2 Å². The van der Waals surface area contributed by atoms with Gasteiger partial charge in [0.05, 0.1) is 19.5 Å². The van der Waals surface area contributed by atoms with E-state index in [1.165, 1.54) is 11.8 Å². The van der Waals surface area contributed by atoms with Crippen LogP contribution in [0.4, 0.5) is 0 Å². The third-order valence-corrected chi connectivity index (χ3v) is 5.65. The van der Waals surface area contributed by atoms with E-state index in [1.807, 2.05) is 47.9 Å². The van der Waals surface area contributed by atoms with Gasteiger partial charge in [0.2, 0.25) is 0 Å². The summed E-state index contributed by atoms with van der Waals surface area (Å²) in [6.45, 7) is 2.55. The third kappa shape index (κ3) is 4.81. The second-order valence-electron chi connectivity index (χ2n) is 6.74. The molecule has 0 saturated carbocycles. The first kappa shape index (κ1) is 21.6. The molecular weight excluding hydrogens is 424 g/mol. The fraction of sp³-hybridized carbons (Fsp3) is 0.167. The van der Waals surface area contributed by atoms with Crippen molar-refractivity contribution in [1.29, 1.82) is 0 Å². The first-order chi connectivity index (χ1) is 15.7. The zero-order chi connectivity index (χ0) is 22.3. The number of pyridine rings is 1. The van der Waals surface area contributed by atoms with Crippen LogP contribution in [0.25, 0.3) is 17.1 Å². The summed E-state index contributed by atoms with van der Waals surface area (Å²) in [4.78, 5) is 16.8. The Kier molecular flexibility index (Phi) is 6.81. The molecule has 0 saturated heterocycles. The molecule has 0 fully saturated rings. The van der Waals surface area contributed by atoms with Crippen molar-refractivity contribution in [1.82, 2.24) is 19.7 Å². The van der Waals surface area contributed by atoms with E-state index >= 15 is 0 Å². The van der Waals surface area contributed by atoms with Crippen molar-refractivity contribution in [3.63, 3.8) is 0 Å². The van der Waals surface area contributed by atoms with Crippen molar-refractivity contribution >= 4 is 17.5 Å². The molecular formula is C24H22N4O3S. The Hall–Kier alpha value is -3.65. The van der Waals surface area contributed by atoms with Crippen LogP contribution in [0.2, 0.25) is 0 Å². The number of carbonyl (C=O) groups is 1.